The minimum Gasteiger partial charge on any atom is -0.382 e. The molecule has 1 heterocycles. The Labute approximate surface area is 187 Å². The molecule has 0 bridgehead atoms. The van der Waals surface area contributed by atoms with Gasteiger partial charge in [0.2, 0.25) is 0 Å². The summed E-state index contributed by atoms with van der Waals surface area (Å²) in [7, 11) is 0. The number of ether oxygens (including phenoxy) is 1. The molecule has 0 atom stereocenters. The summed E-state index contributed by atoms with van der Waals surface area (Å²) in [5.74, 6) is 1.83. The van der Waals surface area contributed by atoms with Crippen LogP contribution in [0.2, 0.25) is 0 Å². The zero-order chi connectivity index (χ0) is 19.5. The molecule has 1 aromatic rings. The van der Waals surface area contributed by atoms with Crippen molar-refractivity contribution >= 4 is 29.9 Å². The van der Waals surface area contributed by atoms with Crippen LogP contribution >= 0.6 is 24.0 Å². The molecular formula is C21H39IN4O2. The molecule has 6 nitrogen and oxygen atoms in total. The molecule has 1 aliphatic rings. The number of hydrogen-bond acceptors (Lipinski definition) is 4. The second kappa shape index (κ2) is 13.4. The Hall–Kier alpha value is -0.830. The number of rotatable bonds is 11. The lowest BCUT2D eigenvalue weighted by Gasteiger charge is -2.30. The van der Waals surface area contributed by atoms with E-state index in [0.717, 1.165) is 68.5 Å². The first kappa shape index (κ1) is 25.2. The number of nitrogens with zero attached hydrogens (tertiary/aromatic N) is 2. The van der Waals surface area contributed by atoms with Gasteiger partial charge in [0.15, 0.2) is 5.96 Å². The van der Waals surface area contributed by atoms with E-state index in [1.165, 1.54) is 25.7 Å². The summed E-state index contributed by atoms with van der Waals surface area (Å²) in [6.07, 6.45) is 8.04. The van der Waals surface area contributed by atoms with Crippen LogP contribution in [0.5, 0.6) is 0 Å². The molecule has 1 aliphatic carbocycles. The Morgan fingerprint density at radius 2 is 1.89 bits per heavy atom. The third-order valence-corrected chi connectivity index (χ3v) is 5.62. The quantitative estimate of drug-likeness (QED) is 0.201. The SMILES string of the molecule is CCNC(=NCc1c(CC)noc1CC)NCC1(CCOCC)CCCC1.I. The molecule has 0 aliphatic heterocycles. The van der Waals surface area contributed by atoms with Crippen LogP contribution in [-0.2, 0) is 24.1 Å². The maximum atomic E-state index is 5.63. The van der Waals surface area contributed by atoms with Gasteiger partial charge in [0.25, 0.3) is 0 Å². The van der Waals surface area contributed by atoms with Crippen LogP contribution in [0.15, 0.2) is 9.52 Å². The predicted molar refractivity (Wildman–Crippen MR) is 126 cm³/mol. The standard InChI is InChI=1S/C21H38N4O2.HI/c1-5-18-17(19(6-2)27-25-18)15-23-20(22-7-3)24-16-21(11-9-10-12-21)13-14-26-8-4;/h5-16H2,1-4H3,(H2,22,23,24);1H. The molecule has 0 saturated heterocycles. The smallest absolute Gasteiger partial charge is 0.191 e. The van der Waals surface area contributed by atoms with E-state index < -0.39 is 0 Å². The van der Waals surface area contributed by atoms with Gasteiger partial charge in [0.05, 0.1) is 12.2 Å². The highest BCUT2D eigenvalue weighted by atomic mass is 127. The van der Waals surface area contributed by atoms with Crippen molar-refractivity contribution in [2.24, 2.45) is 10.4 Å². The van der Waals surface area contributed by atoms with Gasteiger partial charge in [-0.2, -0.15) is 0 Å². The Morgan fingerprint density at radius 1 is 1.14 bits per heavy atom. The topological polar surface area (TPSA) is 71.7 Å². The van der Waals surface area contributed by atoms with Crippen molar-refractivity contribution in [1.82, 2.24) is 15.8 Å². The van der Waals surface area contributed by atoms with Crippen molar-refractivity contribution in [2.75, 3.05) is 26.3 Å². The van der Waals surface area contributed by atoms with Gasteiger partial charge in [0.1, 0.15) is 5.76 Å². The Kier molecular flexibility index (Phi) is 12.1. The van der Waals surface area contributed by atoms with Gasteiger partial charge in [-0.15, -0.1) is 24.0 Å². The van der Waals surface area contributed by atoms with Crippen LogP contribution in [-0.4, -0.2) is 37.4 Å². The van der Waals surface area contributed by atoms with Gasteiger partial charge in [-0.1, -0.05) is 31.8 Å². The van der Waals surface area contributed by atoms with Crippen LogP contribution in [0.1, 0.15) is 76.8 Å². The lowest BCUT2D eigenvalue weighted by Crippen LogP contribution is -2.43. The van der Waals surface area contributed by atoms with Gasteiger partial charge in [-0.3, -0.25) is 0 Å². The van der Waals surface area contributed by atoms with Gasteiger partial charge in [0, 0.05) is 38.3 Å². The molecule has 1 saturated carbocycles. The highest BCUT2D eigenvalue weighted by Crippen LogP contribution is 2.40. The molecule has 0 aromatic carbocycles. The van der Waals surface area contributed by atoms with Crippen LogP contribution in [0.4, 0.5) is 0 Å². The number of hydrogen-bond donors (Lipinski definition) is 2. The van der Waals surface area contributed by atoms with Gasteiger partial charge < -0.3 is 19.9 Å². The van der Waals surface area contributed by atoms with Crippen LogP contribution in [0.3, 0.4) is 0 Å². The summed E-state index contributed by atoms with van der Waals surface area (Å²) in [6, 6.07) is 0. The second-order valence-corrected chi connectivity index (χ2v) is 7.44. The molecule has 0 radical (unpaired) electrons. The van der Waals surface area contributed by atoms with Crippen molar-refractivity contribution in [3.63, 3.8) is 0 Å². The normalized spacial score (nSPS) is 16.1. The molecular weight excluding hydrogens is 467 g/mol. The first-order valence-corrected chi connectivity index (χ1v) is 10.7. The number of nitrogens with one attached hydrogen (secondary N) is 2. The molecule has 7 heteroatoms. The number of aliphatic imine (C=N–C) groups is 1. The first-order valence-electron chi connectivity index (χ1n) is 10.7. The fourth-order valence-corrected chi connectivity index (χ4v) is 3.96. The van der Waals surface area contributed by atoms with Crippen molar-refractivity contribution < 1.29 is 9.26 Å². The number of halogens is 1. The van der Waals surface area contributed by atoms with Crippen molar-refractivity contribution in [3.05, 3.63) is 17.0 Å². The Bertz CT molecular complexity index is 561. The summed E-state index contributed by atoms with van der Waals surface area (Å²) < 4.78 is 11.1. The highest BCUT2D eigenvalue weighted by molar-refractivity contribution is 14.0. The number of aryl methyl sites for hydroxylation is 2. The first-order chi connectivity index (χ1) is 13.2. The predicted octanol–water partition coefficient (Wildman–Crippen LogP) is 4.46. The lowest BCUT2D eigenvalue weighted by atomic mass is 9.83. The number of aromatic nitrogens is 1. The van der Waals surface area contributed by atoms with Crippen LogP contribution in [0.25, 0.3) is 0 Å². The average Bonchev–Trinajstić information content (AvgIpc) is 3.31. The molecule has 0 unspecified atom stereocenters. The van der Waals surface area contributed by atoms with Crippen molar-refractivity contribution in [1.29, 1.82) is 0 Å². The van der Waals surface area contributed by atoms with Gasteiger partial charge in [-0.25, -0.2) is 4.99 Å². The third-order valence-electron chi connectivity index (χ3n) is 5.62. The fourth-order valence-electron chi connectivity index (χ4n) is 3.96. The third kappa shape index (κ3) is 7.21. The second-order valence-electron chi connectivity index (χ2n) is 7.44. The Morgan fingerprint density at radius 3 is 2.50 bits per heavy atom. The van der Waals surface area contributed by atoms with E-state index in [1.807, 2.05) is 0 Å². The summed E-state index contributed by atoms with van der Waals surface area (Å²) in [4.78, 5) is 4.82. The van der Waals surface area contributed by atoms with E-state index in [4.69, 9.17) is 14.3 Å². The van der Waals surface area contributed by atoms with Crippen LogP contribution < -0.4 is 10.6 Å². The molecule has 1 aromatic heterocycles. The lowest BCUT2D eigenvalue weighted by molar-refractivity contribution is 0.105. The van der Waals surface area contributed by atoms with E-state index in [9.17, 15) is 0 Å². The molecule has 1 fully saturated rings. The van der Waals surface area contributed by atoms with E-state index in [0.29, 0.717) is 12.0 Å². The molecule has 28 heavy (non-hydrogen) atoms. The number of guanidine groups is 1. The zero-order valence-electron chi connectivity index (χ0n) is 18.1. The molecule has 2 rings (SSSR count). The van der Waals surface area contributed by atoms with E-state index in [2.05, 4.69) is 43.5 Å². The van der Waals surface area contributed by atoms with Gasteiger partial charge in [-0.05, 0) is 44.9 Å². The Balaban J connectivity index is 0.00000392. The molecule has 2 N–H and O–H groups in total. The molecule has 162 valence electrons. The van der Waals surface area contributed by atoms with E-state index in [-0.39, 0.29) is 24.0 Å². The maximum Gasteiger partial charge on any atom is 0.191 e. The summed E-state index contributed by atoms with van der Waals surface area (Å²) in [6.45, 7) is 12.4. The van der Waals surface area contributed by atoms with Crippen molar-refractivity contribution in [3.8, 4) is 0 Å². The maximum absolute atomic E-state index is 5.63. The summed E-state index contributed by atoms with van der Waals surface area (Å²) in [5.41, 5.74) is 2.51. The monoisotopic (exact) mass is 506 g/mol. The summed E-state index contributed by atoms with van der Waals surface area (Å²) in [5, 5.41) is 11.2. The van der Waals surface area contributed by atoms with E-state index >= 15 is 0 Å². The molecule has 0 spiro atoms. The largest absolute Gasteiger partial charge is 0.382 e. The summed E-state index contributed by atoms with van der Waals surface area (Å²) >= 11 is 0. The molecule has 0 amide bonds. The van der Waals surface area contributed by atoms with Crippen LogP contribution in [0, 0.1) is 5.41 Å². The highest BCUT2D eigenvalue weighted by Gasteiger charge is 2.33. The van der Waals surface area contributed by atoms with Gasteiger partial charge >= 0.3 is 0 Å². The minimum atomic E-state index is 0. The van der Waals surface area contributed by atoms with Crippen molar-refractivity contribution in [2.45, 2.75) is 79.2 Å². The average molecular weight is 506 g/mol. The van der Waals surface area contributed by atoms with E-state index in [1.54, 1.807) is 0 Å². The fraction of sp³-hybridized carbons (Fsp3) is 0.810. The minimum absolute atomic E-state index is 0. The zero-order valence-corrected chi connectivity index (χ0v) is 20.4.